The van der Waals surface area contributed by atoms with Crippen molar-refractivity contribution in [2.75, 3.05) is 24.5 Å². The van der Waals surface area contributed by atoms with Gasteiger partial charge in [-0.3, -0.25) is 14.5 Å². The molecule has 0 unspecified atom stereocenters. The van der Waals surface area contributed by atoms with Crippen LogP contribution in [0.2, 0.25) is 0 Å². The maximum absolute atomic E-state index is 12.5. The third-order valence-corrected chi connectivity index (χ3v) is 5.40. The second kappa shape index (κ2) is 8.34. The molecule has 3 heterocycles. The van der Waals surface area contributed by atoms with Crippen LogP contribution in [-0.4, -0.2) is 40.3 Å². The van der Waals surface area contributed by atoms with Gasteiger partial charge in [-0.25, -0.2) is 0 Å². The second-order valence-electron chi connectivity index (χ2n) is 6.97. The van der Waals surface area contributed by atoms with Gasteiger partial charge in [0.25, 0.3) is 0 Å². The van der Waals surface area contributed by atoms with Crippen LogP contribution in [0.25, 0.3) is 0 Å². The van der Waals surface area contributed by atoms with Crippen LogP contribution in [0, 0.1) is 19.8 Å². The quantitative estimate of drug-likeness (QED) is 0.865. The van der Waals surface area contributed by atoms with Crippen molar-refractivity contribution >= 4 is 11.6 Å². The molecule has 1 fully saturated rings. The summed E-state index contributed by atoms with van der Waals surface area (Å²) in [6, 6.07) is 4.06. The van der Waals surface area contributed by atoms with Crippen molar-refractivity contribution in [2.24, 2.45) is 5.92 Å². The number of rotatable bonds is 6. The van der Waals surface area contributed by atoms with Gasteiger partial charge in [-0.2, -0.15) is 5.10 Å². The first-order chi connectivity index (χ1) is 12.6. The SMILES string of the molecule is CCn1nc(C)c(CCNC(=O)C2CCN(c3ccncc3)CC2)c1C. The predicted molar refractivity (Wildman–Crippen MR) is 103 cm³/mol. The van der Waals surface area contributed by atoms with Crippen LogP contribution in [0.15, 0.2) is 24.5 Å². The Labute approximate surface area is 155 Å². The number of nitrogens with one attached hydrogen (secondary N) is 1. The van der Waals surface area contributed by atoms with Crippen LogP contribution in [0.3, 0.4) is 0 Å². The fraction of sp³-hybridized carbons (Fsp3) is 0.550. The zero-order valence-electron chi connectivity index (χ0n) is 16.0. The molecule has 0 aromatic carbocycles. The van der Waals surface area contributed by atoms with E-state index < -0.39 is 0 Å². The summed E-state index contributed by atoms with van der Waals surface area (Å²) in [6.07, 6.45) is 6.29. The van der Waals surface area contributed by atoms with Crippen LogP contribution < -0.4 is 10.2 Å². The largest absolute Gasteiger partial charge is 0.371 e. The van der Waals surface area contributed by atoms with Gasteiger partial charge in [0.1, 0.15) is 0 Å². The van der Waals surface area contributed by atoms with Gasteiger partial charge in [0.05, 0.1) is 5.69 Å². The maximum Gasteiger partial charge on any atom is 0.223 e. The maximum atomic E-state index is 12.5. The number of piperidine rings is 1. The minimum Gasteiger partial charge on any atom is -0.371 e. The van der Waals surface area contributed by atoms with Gasteiger partial charge in [0, 0.05) is 55.9 Å². The number of pyridine rings is 1. The van der Waals surface area contributed by atoms with E-state index >= 15 is 0 Å². The molecule has 0 spiro atoms. The number of anilines is 1. The van der Waals surface area contributed by atoms with E-state index in [9.17, 15) is 4.79 Å². The summed E-state index contributed by atoms with van der Waals surface area (Å²) in [6.45, 7) is 9.66. The average Bonchev–Trinajstić information content (AvgIpc) is 2.96. The van der Waals surface area contributed by atoms with E-state index in [-0.39, 0.29) is 11.8 Å². The Kier molecular flexibility index (Phi) is 5.91. The molecule has 26 heavy (non-hydrogen) atoms. The highest BCUT2D eigenvalue weighted by atomic mass is 16.1. The predicted octanol–water partition coefficient (Wildman–Crippen LogP) is 2.49. The summed E-state index contributed by atoms with van der Waals surface area (Å²) in [7, 11) is 0. The Morgan fingerprint density at radius 1 is 1.23 bits per heavy atom. The van der Waals surface area contributed by atoms with Gasteiger partial charge in [-0.05, 0) is 57.7 Å². The van der Waals surface area contributed by atoms with Crippen molar-refractivity contribution in [3.05, 3.63) is 41.5 Å². The number of aryl methyl sites for hydroxylation is 2. The first kappa shape index (κ1) is 18.4. The lowest BCUT2D eigenvalue weighted by Crippen LogP contribution is -2.41. The number of amides is 1. The van der Waals surface area contributed by atoms with E-state index in [1.165, 1.54) is 16.9 Å². The van der Waals surface area contributed by atoms with E-state index in [4.69, 9.17) is 0 Å². The molecule has 2 aromatic rings. The van der Waals surface area contributed by atoms with Crippen molar-refractivity contribution in [2.45, 2.75) is 46.6 Å². The molecule has 1 N–H and O–H groups in total. The lowest BCUT2D eigenvalue weighted by Gasteiger charge is -2.32. The second-order valence-corrected chi connectivity index (χ2v) is 6.97. The third-order valence-electron chi connectivity index (χ3n) is 5.40. The molecule has 6 heteroatoms. The highest BCUT2D eigenvalue weighted by molar-refractivity contribution is 5.79. The molecule has 0 radical (unpaired) electrons. The van der Waals surface area contributed by atoms with E-state index in [2.05, 4.69) is 34.1 Å². The molecule has 0 bridgehead atoms. The van der Waals surface area contributed by atoms with Crippen LogP contribution in [0.5, 0.6) is 0 Å². The zero-order valence-corrected chi connectivity index (χ0v) is 16.0. The highest BCUT2D eigenvalue weighted by Gasteiger charge is 2.25. The van der Waals surface area contributed by atoms with Gasteiger partial charge in [0.2, 0.25) is 5.91 Å². The number of carbonyl (C=O) groups excluding carboxylic acids is 1. The van der Waals surface area contributed by atoms with Gasteiger partial charge in [-0.15, -0.1) is 0 Å². The minimum atomic E-state index is 0.119. The number of carbonyl (C=O) groups is 1. The Balaban J connectivity index is 1.46. The Hall–Kier alpha value is -2.37. The molecule has 140 valence electrons. The summed E-state index contributed by atoms with van der Waals surface area (Å²) in [5.41, 5.74) is 4.74. The highest BCUT2D eigenvalue weighted by Crippen LogP contribution is 2.22. The summed E-state index contributed by atoms with van der Waals surface area (Å²) in [5.74, 6) is 0.311. The lowest BCUT2D eigenvalue weighted by molar-refractivity contribution is -0.125. The average molecular weight is 355 g/mol. The first-order valence-electron chi connectivity index (χ1n) is 9.55. The van der Waals surface area contributed by atoms with Crippen molar-refractivity contribution in [1.82, 2.24) is 20.1 Å². The van der Waals surface area contributed by atoms with Crippen LogP contribution >= 0.6 is 0 Å². The molecule has 2 aromatic heterocycles. The Morgan fingerprint density at radius 2 is 1.92 bits per heavy atom. The molecule has 3 rings (SSSR count). The van der Waals surface area contributed by atoms with Crippen molar-refractivity contribution in [1.29, 1.82) is 0 Å². The summed E-state index contributed by atoms with van der Waals surface area (Å²) >= 11 is 0. The van der Waals surface area contributed by atoms with Gasteiger partial charge in [-0.1, -0.05) is 0 Å². The fourth-order valence-electron chi connectivity index (χ4n) is 3.81. The van der Waals surface area contributed by atoms with E-state index in [1.807, 2.05) is 36.1 Å². The first-order valence-corrected chi connectivity index (χ1v) is 9.55. The molecule has 1 aliphatic rings. The van der Waals surface area contributed by atoms with Crippen molar-refractivity contribution in [3.63, 3.8) is 0 Å². The lowest BCUT2D eigenvalue weighted by atomic mass is 9.95. The fourth-order valence-corrected chi connectivity index (χ4v) is 3.81. The van der Waals surface area contributed by atoms with Crippen LogP contribution in [0.4, 0.5) is 5.69 Å². The topological polar surface area (TPSA) is 63.1 Å². The van der Waals surface area contributed by atoms with E-state index in [0.29, 0.717) is 6.54 Å². The smallest absolute Gasteiger partial charge is 0.223 e. The number of hydrogen-bond donors (Lipinski definition) is 1. The molecule has 1 saturated heterocycles. The minimum absolute atomic E-state index is 0.119. The Morgan fingerprint density at radius 3 is 2.54 bits per heavy atom. The standard InChI is InChI=1S/C20H29N5O/c1-4-25-16(3)19(15(2)23-25)7-12-22-20(26)17-8-13-24(14-9-17)18-5-10-21-11-6-18/h5-6,10-11,17H,4,7-9,12-14H2,1-3H3,(H,22,26). The molecule has 6 nitrogen and oxygen atoms in total. The van der Waals surface area contributed by atoms with Crippen molar-refractivity contribution < 1.29 is 4.79 Å². The summed E-state index contributed by atoms with van der Waals surface area (Å²) < 4.78 is 2.03. The Bertz CT molecular complexity index is 732. The number of nitrogens with zero attached hydrogens (tertiary/aromatic N) is 4. The zero-order chi connectivity index (χ0) is 18.5. The van der Waals surface area contributed by atoms with E-state index in [1.54, 1.807) is 0 Å². The summed E-state index contributed by atoms with van der Waals surface area (Å²) in [5, 5.41) is 7.68. The van der Waals surface area contributed by atoms with Crippen LogP contribution in [0.1, 0.15) is 36.7 Å². The molecule has 1 amide bonds. The van der Waals surface area contributed by atoms with Gasteiger partial charge < -0.3 is 10.2 Å². The third kappa shape index (κ3) is 4.06. The van der Waals surface area contributed by atoms with Crippen molar-refractivity contribution in [3.8, 4) is 0 Å². The molecule has 0 aliphatic carbocycles. The molecular weight excluding hydrogens is 326 g/mol. The number of aromatic nitrogens is 3. The molecule has 0 atom stereocenters. The normalized spacial score (nSPS) is 15.3. The van der Waals surface area contributed by atoms with Crippen LogP contribution in [-0.2, 0) is 17.8 Å². The van der Waals surface area contributed by atoms with Gasteiger partial charge >= 0.3 is 0 Å². The monoisotopic (exact) mass is 355 g/mol. The molecule has 0 saturated carbocycles. The number of hydrogen-bond acceptors (Lipinski definition) is 4. The van der Waals surface area contributed by atoms with Gasteiger partial charge in [0.15, 0.2) is 0 Å². The van der Waals surface area contributed by atoms with E-state index in [0.717, 1.165) is 44.6 Å². The molecular formula is C20H29N5O. The summed E-state index contributed by atoms with van der Waals surface area (Å²) in [4.78, 5) is 18.9. The molecule has 1 aliphatic heterocycles.